The molecule has 1 aliphatic rings. The fourth-order valence-corrected chi connectivity index (χ4v) is 6.31. The van der Waals surface area contributed by atoms with Crippen molar-refractivity contribution < 1.29 is 13.2 Å². The molecule has 1 unspecified atom stereocenters. The van der Waals surface area contributed by atoms with Crippen LogP contribution in [0.4, 0.5) is 0 Å². The summed E-state index contributed by atoms with van der Waals surface area (Å²) in [7, 11) is -1.84. The van der Waals surface area contributed by atoms with E-state index in [2.05, 4.69) is 10.1 Å². The van der Waals surface area contributed by atoms with Gasteiger partial charge in [0.2, 0.25) is 0 Å². The fourth-order valence-electron chi connectivity index (χ4n) is 2.94. The van der Waals surface area contributed by atoms with Crippen LogP contribution in [-0.4, -0.2) is 48.3 Å². The van der Waals surface area contributed by atoms with Gasteiger partial charge in [-0.2, -0.15) is 5.10 Å². The van der Waals surface area contributed by atoms with Crippen LogP contribution in [0.1, 0.15) is 25.6 Å². The molecule has 27 heavy (non-hydrogen) atoms. The first-order chi connectivity index (χ1) is 12.5. The maximum Gasteiger partial charge on any atom is 0.165 e. The first kappa shape index (κ1) is 20.3. The number of aliphatic imine (C=N–C) groups is 1. The Morgan fingerprint density at radius 1 is 1.41 bits per heavy atom. The summed E-state index contributed by atoms with van der Waals surface area (Å²) < 4.78 is 31.2. The number of ether oxygens (including phenoxy) is 1. The molecule has 0 amide bonds. The van der Waals surface area contributed by atoms with Gasteiger partial charge in [0.15, 0.2) is 9.84 Å². The molecule has 0 aromatic carbocycles. The highest BCUT2D eigenvalue weighted by Gasteiger charge is 2.49. The summed E-state index contributed by atoms with van der Waals surface area (Å²) in [5.74, 6) is -0.0323. The largest absolute Gasteiger partial charge is 0.386 e. The van der Waals surface area contributed by atoms with Gasteiger partial charge in [-0.05, 0) is 26.8 Å². The normalized spacial score (nSPS) is 24.0. The van der Waals surface area contributed by atoms with E-state index in [4.69, 9.17) is 22.1 Å². The number of methoxy groups -OCH3 is 1. The smallest absolute Gasteiger partial charge is 0.165 e. The first-order valence-electron chi connectivity index (χ1n) is 8.40. The second-order valence-corrected chi connectivity index (χ2v) is 11.3. The number of nitrogens with two attached hydrogens (primary N) is 1. The van der Waals surface area contributed by atoms with E-state index in [0.717, 1.165) is 10.4 Å². The average molecular weight is 431 g/mol. The number of aromatic nitrogens is 2. The number of hydrogen-bond donors (Lipinski definition) is 1. The van der Waals surface area contributed by atoms with Crippen LogP contribution in [0.2, 0.25) is 5.02 Å². The third kappa shape index (κ3) is 3.53. The molecule has 1 atom stereocenters. The Bertz CT molecular complexity index is 994. The Balaban J connectivity index is 2.00. The summed E-state index contributed by atoms with van der Waals surface area (Å²) >= 11 is 7.89. The summed E-state index contributed by atoms with van der Waals surface area (Å²) in [4.78, 5) is 6.14. The molecule has 1 aliphatic heterocycles. The lowest BCUT2D eigenvalue weighted by molar-refractivity contribution is 0.183. The summed E-state index contributed by atoms with van der Waals surface area (Å²) in [6.45, 7) is 6.13. The van der Waals surface area contributed by atoms with Crippen LogP contribution >= 0.6 is 22.9 Å². The molecule has 3 heterocycles. The van der Waals surface area contributed by atoms with Gasteiger partial charge in [0.25, 0.3) is 0 Å². The van der Waals surface area contributed by atoms with E-state index < -0.39 is 20.1 Å². The summed E-state index contributed by atoms with van der Waals surface area (Å²) in [5.41, 5.74) is 5.92. The highest BCUT2D eigenvalue weighted by Crippen LogP contribution is 2.45. The number of sulfone groups is 1. The minimum Gasteiger partial charge on any atom is -0.386 e. The molecule has 0 saturated heterocycles. The minimum atomic E-state index is -3.48. The van der Waals surface area contributed by atoms with E-state index in [-0.39, 0.29) is 11.6 Å². The molecule has 0 saturated carbocycles. The van der Waals surface area contributed by atoms with Gasteiger partial charge >= 0.3 is 0 Å². The Morgan fingerprint density at radius 2 is 2.11 bits per heavy atom. The topological polar surface area (TPSA) is 99.6 Å². The lowest BCUT2D eigenvalue weighted by Gasteiger charge is -2.37. The third-order valence-corrected chi connectivity index (χ3v) is 9.40. The zero-order valence-electron chi connectivity index (χ0n) is 15.7. The van der Waals surface area contributed by atoms with Crippen molar-refractivity contribution in [3.8, 4) is 10.4 Å². The van der Waals surface area contributed by atoms with Crippen molar-refractivity contribution in [3.63, 3.8) is 0 Å². The number of hydrogen-bond acceptors (Lipinski definition) is 7. The van der Waals surface area contributed by atoms with Gasteiger partial charge in [0, 0.05) is 23.7 Å². The molecule has 0 bridgehead atoms. The van der Waals surface area contributed by atoms with E-state index in [1.54, 1.807) is 38.8 Å². The second kappa shape index (κ2) is 6.88. The third-order valence-electron chi connectivity index (χ3n) is 4.85. The van der Waals surface area contributed by atoms with Crippen LogP contribution in [-0.2, 0) is 26.7 Å². The van der Waals surface area contributed by atoms with E-state index in [0.29, 0.717) is 23.1 Å². The molecule has 3 rings (SSSR count). The van der Waals surface area contributed by atoms with Gasteiger partial charge in [-0.1, -0.05) is 11.6 Å². The molecule has 10 heteroatoms. The van der Waals surface area contributed by atoms with Crippen LogP contribution in [0.3, 0.4) is 0 Å². The highest BCUT2D eigenvalue weighted by molar-refractivity contribution is 7.93. The first-order valence-corrected chi connectivity index (χ1v) is 11.2. The van der Waals surface area contributed by atoms with Gasteiger partial charge in [-0.25, -0.2) is 8.42 Å². The number of thiophene rings is 1. The molecular formula is C17H23ClN4O3S2. The van der Waals surface area contributed by atoms with E-state index in [9.17, 15) is 8.42 Å². The molecule has 0 spiro atoms. The standard InChI is InChI=1S/C17H23ClN4O3S2/c1-16(2)15(19)21-17(3,10-27(16,23)24)14-12(18)7-13(26-14)11-8-20-22(9-11)5-6-25-4/h7-9H,5-6,10H2,1-4H3,(H2,19,21). The van der Waals surface area contributed by atoms with Crippen molar-refractivity contribution in [2.24, 2.45) is 10.7 Å². The zero-order chi connectivity index (χ0) is 20.0. The van der Waals surface area contributed by atoms with E-state index in [1.807, 2.05) is 12.3 Å². The van der Waals surface area contributed by atoms with Crippen LogP contribution in [0.25, 0.3) is 10.4 Å². The maximum absolute atomic E-state index is 12.8. The predicted octanol–water partition coefficient (Wildman–Crippen LogP) is 2.69. The molecule has 0 radical (unpaired) electrons. The Morgan fingerprint density at radius 3 is 2.74 bits per heavy atom. The van der Waals surface area contributed by atoms with E-state index in [1.165, 1.54) is 11.3 Å². The van der Waals surface area contributed by atoms with Crippen molar-refractivity contribution in [2.45, 2.75) is 37.6 Å². The second-order valence-electron chi connectivity index (χ2n) is 7.31. The van der Waals surface area contributed by atoms with Crippen molar-refractivity contribution in [1.82, 2.24) is 9.78 Å². The Kier molecular flexibility index (Phi) is 5.17. The summed E-state index contributed by atoms with van der Waals surface area (Å²) in [6, 6.07) is 1.82. The molecule has 2 aromatic heterocycles. The van der Waals surface area contributed by atoms with Crippen molar-refractivity contribution in [1.29, 1.82) is 0 Å². The Hall–Kier alpha value is -1.42. The predicted molar refractivity (Wildman–Crippen MR) is 109 cm³/mol. The van der Waals surface area contributed by atoms with Gasteiger partial charge in [-0.15, -0.1) is 11.3 Å². The van der Waals surface area contributed by atoms with Gasteiger partial charge < -0.3 is 10.5 Å². The summed E-state index contributed by atoms with van der Waals surface area (Å²) in [6.07, 6.45) is 3.66. The van der Waals surface area contributed by atoms with Gasteiger partial charge in [0.05, 0.1) is 35.0 Å². The lowest BCUT2D eigenvalue weighted by Crippen LogP contribution is -2.54. The molecule has 148 valence electrons. The number of amidine groups is 1. The van der Waals surface area contributed by atoms with Crippen LogP contribution < -0.4 is 5.73 Å². The molecule has 2 N–H and O–H groups in total. The quantitative estimate of drug-likeness (QED) is 0.786. The molecule has 7 nitrogen and oxygen atoms in total. The fraction of sp³-hybridized carbons (Fsp3) is 0.529. The monoisotopic (exact) mass is 430 g/mol. The average Bonchev–Trinajstić information content (AvgIpc) is 3.17. The van der Waals surface area contributed by atoms with Crippen molar-refractivity contribution >= 4 is 38.6 Å². The SMILES string of the molecule is COCCn1cc(-c2cc(Cl)c(C3(C)CS(=O)(=O)C(C)(C)C(N)=N3)s2)cn1. The maximum atomic E-state index is 12.8. The number of rotatable bonds is 5. The van der Waals surface area contributed by atoms with Crippen LogP contribution in [0.5, 0.6) is 0 Å². The van der Waals surface area contributed by atoms with Crippen LogP contribution in [0.15, 0.2) is 23.5 Å². The number of halogens is 1. The van der Waals surface area contributed by atoms with Crippen molar-refractivity contribution in [2.75, 3.05) is 19.5 Å². The lowest BCUT2D eigenvalue weighted by atomic mass is 10.0. The van der Waals surface area contributed by atoms with E-state index >= 15 is 0 Å². The molecule has 0 fully saturated rings. The zero-order valence-corrected chi connectivity index (χ0v) is 18.1. The van der Waals surface area contributed by atoms with Crippen molar-refractivity contribution in [3.05, 3.63) is 28.4 Å². The number of nitrogens with zero attached hydrogens (tertiary/aromatic N) is 3. The molecular weight excluding hydrogens is 408 g/mol. The Labute approximate surface area is 168 Å². The highest BCUT2D eigenvalue weighted by atomic mass is 35.5. The summed E-state index contributed by atoms with van der Waals surface area (Å²) in [5, 5.41) is 4.79. The minimum absolute atomic E-state index is 0.106. The van der Waals surface area contributed by atoms with Gasteiger partial charge in [-0.3, -0.25) is 9.67 Å². The molecule has 2 aromatic rings. The van der Waals surface area contributed by atoms with Crippen LogP contribution in [0, 0.1) is 0 Å². The van der Waals surface area contributed by atoms with Gasteiger partial charge in [0.1, 0.15) is 16.1 Å². The molecule has 0 aliphatic carbocycles.